The highest BCUT2D eigenvalue weighted by Gasteiger charge is 2.41. The summed E-state index contributed by atoms with van der Waals surface area (Å²) in [4.78, 5) is 12.4. The number of Topliss-reactive ketones (excluding diaryl/α,β-unsaturated/α-hetero) is 1. The van der Waals surface area contributed by atoms with Gasteiger partial charge in [-0.15, -0.1) is 0 Å². The highest BCUT2D eigenvalue weighted by Crippen LogP contribution is 2.32. The average Bonchev–Trinajstić information content (AvgIpc) is 2.75. The fourth-order valence-electron chi connectivity index (χ4n) is 1.91. The van der Waals surface area contributed by atoms with Gasteiger partial charge in [0.1, 0.15) is 5.60 Å². The first kappa shape index (κ1) is 12.2. The van der Waals surface area contributed by atoms with E-state index in [0.29, 0.717) is 31.6 Å². The molecule has 1 aromatic heterocycles. The SMILES string of the molecule is COC1(C(=O)c2cscc2Br)CCOCC1. The number of carbonyl (C=O) groups is 1. The lowest BCUT2D eigenvalue weighted by atomic mass is 9.86. The largest absolute Gasteiger partial charge is 0.381 e. The molecule has 0 amide bonds. The summed E-state index contributed by atoms with van der Waals surface area (Å²) in [5, 5.41) is 3.78. The van der Waals surface area contributed by atoms with Crippen molar-refractivity contribution in [3.05, 3.63) is 20.8 Å². The first-order chi connectivity index (χ1) is 7.69. The van der Waals surface area contributed by atoms with E-state index >= 15 is 0 Å². The molecule has 1 aliphatic rings. The minimum absolute atomic E-state index is 0.0615. The van der Waals surface area contributed by atoms with Crippen molar-refractivity contribution in [1.29, 1.82) is 0 Å². The van der Waals surface area contributed by atoms with Crippen LogP contribution in [0.4, 0.5) is 0 Å². The lowest BCUT2D eigenvalue weighted by Crippen LogP contribution is -2.45. The summed E-state index contributed by atoms with van der Waals surface area (Å²) in [7, 11) is 1.60. The van der Waals surface area contributed by atoms with Crippen molar-refractivity contribution in [3.8, 4) is 0 Å². The van der Waals surface area contributed by atoms with E-state index < -0.39 is 5.60 Å². The molecule has 2 rings (SSSR count). The maximum atomic E-state index is 12.4. The van der Waals surface area contributed by atoms with Crippen LogP contribution in [0.25, 0.3) is 0 Å². The second-order valence-electron chi connectivity index (χ2n) is 3.77. The molecule has 1 aromatic rings. The molecule has 16 heavy (non-hydrogen) atoms. The van der Waals surface area contributed by atoms with Gasteiger partial charge in [0.15, 0.2) is 5.78 Å². The molecule has 0 spiro atoms. The smallest absolute Gasteiger partial charge is 0.196 e. The fourth-order valence-corrected chi connectivity index (χ4v) is 3.37. The summed E-state index contributed by atoms with van der Waals surface area (Å²) in [6, 6.07) is 0. The van der Waals surface area contributed by atoms with Crippen molar-refractivity contribution >= 4 is 33.0 Å². The van der Waals surface area contributed by atoms with E-state index in [1.54, 1.807) is 7.11 Å². The van der Waals surface area contributed by atoms with Crippen molar-refractivity contribution in [1.82, 2.24) is 0 Å². The minimum atomic E-state index is -0.693. The first-order valence-electron chi connectivity index (χ1n) is 5.09. The number of halogens is 1. The number of thiophene rings is 1. The summed E-state index contributed by atoms with van der Waals surface area (Å²) in [5.74, 6) is 0.0615. The lowest BCUT2D eigenvalue weighted by Gasteiger charge is -2.34. The molecule has 1 aliphatic heterocycles. The summed E-state index contributed by atoms with van der Waals surface area (Å²) in [6.07, 6.45) is 1.26. The van der Waals surface area contributed by atoms with Gasteiger partial charge >= 0.3 is 0 Å². The first-order valence-corrected chi connectivity index (χ1v) is 6.82. The Hall–Kier alpha value is -0.230. The van der Waals surface area contributed by atoms with E-state index in [1.165, 1.54) is 11.3 Å². The van der Waals surface area contributed by atoms with Crippen LogP contribution in [0.2, 0.25) is 0 Å². The molecule has 0 unspecified atom stereocenters. The monoisotopic (exact) mass is 304 g/mol. The highest BCUT2D eigenvalue weighted by atomic mass is 79.9. The number of rotatable bonds is 3. The molecular formula is C11H13BrO3S. The Kier molecular flexibility index (Phi) is 3.79. The standard InChI is InChI=1S/C11H13BrO3S/c1-14-11(2-4-15-5-3-11)10(13)8-6-16-7-9(8)12/h6-7H,2-5H2,1H3. The van der Waals surface area contributed by atoms with Crippen LogP contribution in [0.5, 0.6) is 0 Å². The second-order valence-corrected chi connectivity index (χ2v) is 5.37. The number of methoxy groups -OCH3 is 1. The lowest BCUT2D eigenvalue weighted by molar-refractivity contribution is -0.0663. The van der Waals surface area contributed by atoms with Gasteiger partial charge in [0, 0.05) is 54.0 Å². The molecule has 0 atom stereocenters. The van der Waals surface area contributed by atoms with E-state index in [4.69, 9.17) is 9.47 Å². The highest BCUT2D eigenvalue weighted by molar-refractivity contribution is 9.10. The van der Waals surface area contributed by atoms with Crippen molar-refractivity contribution in [2.45, 2.75) is 18.4 Å². The van der Waals surface area contributed by atoms with Crippen LogP contribution in [0.3, 0.4) is 0 Å². The third-order valence-electron chi connectivity index (χ3n) is 2.96. The third-order valence-corrected chi connectivity index (χ3v) is 4.67. The normalized spacial score (nSPS) is 19.6. The molecule has 1 fully saturated rings. The Morgan fingerprint density at radius 3 is 2.69 bits per heavy atom. The molecule has 0 saturated carbocycles. The third kappa shape index (κ3) is 2.09. The van der Waals surface area contributed by atoms with Gasteiger partial charge < -0.3 is 9.47 Å². The zero-order valence-electron chi connectivity index (χ0n) is 8.99. The molecule has 2 heterocycles. The van der Waals surface area contributed by atoms with E-state index in [9.17, 15) is 4.79 Å². The molecule has 0 aromatic carbocycles. The van der Waals surface area contributed by atoms with E-state index in [2.05, 4.69) is 15.9 Å². The molecule has 0 radical (unpaired) electrons. The number of ketones is 1. The van der Waals surface area contributed by atoms with Gasteiger partial charge in [-0.05, 0) is 15.9 Å². The molecule has 3 nitrogen and oxygen atoms in total. The molecular weight excluding hydrogens is 292 g/mol. The maximum Gasteiger partial charge on any atom is 0.196 e. The van der Waals surface area contributed by atoms with Gasteiger partial charge in [-0.25, -0.2) is 0 Å². The quantitative estimate of drug-likeness (QED) is 0.806. The van der Waals surface area contributed by atoms with Gasteiger partial charge in [-0.2, -0.15) is 11.3 Å². The van der Waals surface area contributed by atoms with E-state index in [-0.39, 0.29) is 5.78 Å². The van der Waals surface area contributed by atoms with Crippen LogP contribution < -0.4 is 0 Å². The van der Waals surface area contributed by atoms with Gasteiger partial charge in [-0.3, -0.25) is 4.79 Å². The summed E-state index contributed by atoms with van der Waals surface area (Å²) in [6.45, 7) is 1.17. The van der Waals surface area contributed by atoms with Crippen LogP contribution in [-0.2, 0) is 9.47 Å². The Morgan fingerprint density at radius 2 is 2.19 bits per heavy atom. The number of ether oxygens (including phenoxy) is 2. The van der Waals surface area contributed by atoms with Gasteiger partial charge in [0.05, 0.1) is 0 Å². The Balaban J connectivity index is 2.28. The summed E-state index contributed by atoms with van der Waals surface area (Å²) < 4.78 is 11.6. The van der Waals surface area contributed by atoms with Crippen LogP contribution >= 0.6 is 27.3 Å². The number of hydrogen-bond acceptors (Lipinski definition) is 4. The molecule has 88 valence electrons. The topological polar surface area (TPSA) is 35.5 Å². The van der Waals surface area contributed by atoms with Crippen molar-refractivity contribution in [2.24, 2.45) is 0 Å². The van der Waals surface area contributed by atoms with E-state index in [1.807, 2.05) is 10.8 Å². The Labute approximate surface area is 107 Å². The predicted octanol–water partition coefficient (Wildman–Crippen LogP) is 2.89. The number of hydrogen-bond donors (Lipinski definition) is 0. The predicted molar refractivity (Wildman–Crippen MR) is 66.1 cm³/mol. The van der Waals surface area contributed by atoms with Crippen molar-refractivity contribution in [2.75, 3.05) is 20.3 Å². The molecule has 1 saturated heterocycles. The average molecular weight is 305 g/mol. The van der Waals surface area contributed by atoms with Crippen molar-refractivity contribution < 1.29 is 14.3 Å². The summed E-state index contributed by atoms with van der Waals surface area (Å²) >= 11 is 4.90. The number of carbonyl (C=O) groups excluding carboxylic acids is 1. The van der Waals surface area contributed by atoms with Crippen LogP contribution in [0, 0.1) is 0 Å². The fraction of sp³-hybridized carbons (Fsp3) is 0.545. The van der Waals surface area contributed by atoms with Gasteiger partial charge in [0.25, 0.3) is 0 Å². The van der Waals surface area contributed by atoms with Crippen LogP contribution in [0.15, 0.2) is 15.2 Å². The zero-order chi connectivity index (χ0) is 11.6. The van der Waals surface area contributed by atoms with Crippen LogP contribution in [0.1, 0.15) is 23.2 Å². The Morgan fingerprint density at radius 1 is 1.50 bits per heavy atom. The zero-order valence-corrected chi connectivity index (χ0v) is 11.4. The second kappa shape index (κ2) is 4.96. The molecule has 0 aliphatic carbocycles. The Bertz CT molecular complexity index is 382. The molecule has 5 heteroatoms. The van der Waals surface area contributed by atoms with Gasteiger partial charge in [0.2, 0.25) is 0 Å². The minimum Gasteiger partial charge on any atom is -0.381 e. The van der Waals surface area contributed by atoms with Crippen molar-refractivity contribution in [3.63, 3.8) is 0 Å². The summed E-state index contributed by atoms with van der Waals surface area (Å²) in [5.41, 5.74) is 0.0238. The molecule has 0 N–H and O–H groups in total. The van der Waals surface area contributed by atoms with Crippen LogP contribution in [-0.4, -0.2) is 31.7 Å². The maximum absolute atomic E-state index is 12.4. The molecule has 0 bridgehead atoms. The van der Waals surface area contributed by atoms with E-state index in [0.717, 1.165) is 4.47 Å². The van der Waals surface area contributed by atoms with Gasteiger partial charge in [-0.1, -0.05) is 0 Å².